The van der Waals surface area contributed by atoms with Gasteiger partial charge in [-0.3, -0.25) is 4.79 Å². The van der Waals surface area contributed by atoms with Gasteiger partial charge in [-0.25, -0.2) is 0 Å². The van der Waals surface area contributed by atoms with Gasteiger partial charge < -0.3 is 15.2 Å². The summed E-state index contributed by atoms with van der Waals surface area (Å²) in [7, 11) is 0. The molecule has 1 fully saturated rings. The molecular weight excluding hydrogens is 170 g/mol. The number of amides is 1. The quantitative estimate of drug-likeness (QED) is 0.614. The maximum atomic E-state index is 10.1. The van der Waals surface area contributed by atoms with E-state index in [0.717, 1.165) is 12.8 Å². The zero-order valence-electron chi connectivity index (χ0n) is 8.12. The predicted molar refractivity (Wildman–Crippen MR) is 48.3 cm³/mol. The van der Waals surface area contributed by atoms with Crippen molar-refractivity contribution in [1.82, 2.24) is 5.32 Å². The molecule has 0 spiro atoms. The van der Waals surface area contributed by atoms with Gasteiger partial charge in [0, 0.05) is 0 Å². The first kappa shape index (κ1) is 10.5. The van der Waals surface area contributed by atoms with E-state index < -0.39 is 5.60 Å². The van der Waals surface area contributed by atoms with Crippen LogP contribution in [0, 0.1) is 0 Å². The fourth-order valence-electron chi connectivity index (χ4n) is 1.54. The Balaban J connectivity index is 2.34. The van der Waals surface area contributed by atoms with E-state index in [1.807, 2.05) is 0 Å². The standard InChI is InChI=1S/C9H17NO3/c1-9(2,12)8-4-3-7(5-13-8)10-6-11/h6-8,12H,3-5H2,1-2H3,(H,10,11)/t7-,8+/m1/s1. The second kappa shape index (κ2) is 4.07. The van der Waals surface area contributed by atoms with Crippen LogP contribution in [0.2, 0.25) is 0 Å². The van der Waals surface area contributed by atoms with Gasteiger partial charge in [-0.05, 0) is 26.7 Å². The lowest BCUT2D eigenvalue weighted by molar-refractivity contribution is -0.122. The number of ether oxygens (including phenoxy) is 1. The lowest BCUT2D eigenvalue weighted by Crippen LogP contribution is -2.47. The Hall–Kier alpha value is -0.610. The average molecular weight is 187 g/mol. The molecule has 1 aliphatic rings. The van der Waals surface area contributed by atoms with Gasteiger partial charge in [0.05, 0.1) is 24.4 Å². The Morgan fingerprint density at radius 2 is 2.23 bits per heavy atom. The van der Waals surface area contributed by atoms with E-state index in [1.165, 1.54) is 0 Å². The van der Waals surface area contributed by atoms with E-state index in [9.17, 15) is 9.90 Å². The molecule has 1 heterocycles. The third-order valence-electron chi connectivity index (χ3n) is 2.37. The van der Waals surface area contributed by atoms with Crippen molar-refractivity contribution in [1.29, 1.82) is 0 Å². The zero-order valence-corrected chi connectivity index (χ0v) is 8.12. The maximum absolute atomic E-state index is 10.1. The molecule has 1 saturated heterocycles. The number of rotatable bonds is 3. The first-order chi connectivity index (χ1) is 6.04. The Labute approximate surface area is 78.3 Å². The van der Waals surface area contributed by atoms with E-state index in [1.54, 1.807) is 13.8 Å². The van der Waals surface area contributed by atoms with Crippen LogP contribution in [0.5, 0.6) is 0 Å². The molecule has 4 heteroatoms. The molecule has 13 heavy (non-hydrogen) atoms. The first-order valence-corrected chi connectivity index (χ1v) is 4.57. The highest BCUT2D eigenvalue weighted by Gasteiger charge is 2.32. The molecule has 0 unspecified atom stereocenters. The van der Waals surface area contributed by atoms with Gasteiger partial charge in [-0.1, -0.05) is 0 Å². The van der Waals surface area contributed by atoms with Crippen LogP contribution in [0.15, 0.2) is 0 Å². The van der Waals surface area contributed by atoms with Crippen LogP contribution in [-0.2, 0) is 9.53 Å². The summed E-state index contributed by atoms with van der Waals surface area (Å²) < 4.78 is 5.44. The predicted octanol–water partition coefficient (Wildman–Crippen LogP) is 0.0509. The number of nitrogens with one attached hydrogen (secondary N) is 1. The van der Waals surface area contributed by atoms with Crippen molar-refractivity contribution in [2.45, 2.75) is 44.4 Å². The minimum absolute atomic E-state index is 0.107. The van der Waals surface area contributed by atoms with Gasteiger partial charge in [-0.15, -0.1) is 0 Å². The van der Waals surface area contributed by atoms with Crippen molar-refractivity contribution in [2.75, 3.05) is 6.61 Å². The lowest BCUT2D eigenvalue weighted by Gasteiger charge is -2.35. The van der Waals surface area contributed by atoms with Gasteiger partial charge >= 0.3 is 0 Å². The third kappa shape index (κ3) is 2.97. The Bertz CT molecular complexity index is 168. The van der Waals surface area contributed by atoms with Crippen LogP contribution in [0.1, 0.15) is 26.7 Å². The molecule has 0 bridgehead atoms. The maximum Gasteiger partial charge on any atom is 0.207 e. The van der Waals surface area contributed by atoms with Gasteiger partial charge in [-0.2, -0.15) is 0 Å². The van der Waals surface area contributed by atoms with Gasteiger partial charge in [0.25, 0.3) is 0 Å². The number of carbonyl (C=O) groups excluding carboxylic acids is 1. The molecule has 4 nitrogen and oxygen atoms in total. The highest BCUT2D eigenvalue weighted by atomic mass is 16.5. The monoisotopic (exact) mass is 187 g/mol. The van der Waals surface area contributed by atoms with E-state index in [-0.39, 0.29) is 12.1 Å². The molecule has 76 valence electrons. The van der Waals surface area contributed by atoms with Crippen LogP contribution < -0.4 is 5.32 Å². The van der Waals surface area contributed by atoms with Gasteiger partial charge in [0.1, 0.15) is 0 Å². The fourth-order valence-corrected chi connectivity index (χ4v) is 1.54. The topological polar surface area (TPSA) is 58.6 Å². The van der Waals surface area contributed by atoms with Crippen molar-refractivity contribution in [3.63, 3.8) is 0 Å². The van der Waals surface area contributed by atoms with E-state index in [2.05, 4.69) is 5.32 Å². The van der Waals surface area contributed by atoms with Gasteiger partial charge in [0.2, 0.25) is 6.41 Å². The van der Waals surface area contributed by atoms with Crippen molar-refractivity contribution < 1.29 is 14.6 Å². The smallest absolute Gasteiger partial charge is 0.207 e. The summed E-state index contributed by atoms with van der Waals surface area (Å²) in [5, 5.41) is 12.3. The number of hydrogen-bond donors (Lipinski definition) is 2. The molecule has 0 aromatic rings. The molecule has 0 radical (unpaired) electrons. The van der Waals surface area contributed by atoms with Crippen molar-refractivity contribution >= 4 is 6.41 Å². The molecule has 2 atom stereocenters. The number of aliphatic hydroxyl groups is 1. The second-order valence-corrected chi connectivity index (χ2v) is 4.03. The molecule has 0 aromatic carbocycles. The SMILES string of the molecule is CC(C)(O)[C@@H]1CC[C@@H](NC=O)CO1. The minimum Gasteiger partial charge on any atom is -0.388 e. The summed E-state index contributed by atoms with van der Waals surface area (Å²) in [6, 6.07) is 0.107. The largest absolute Gasteiger partial charge is 0.388 e. The molecule has 0 aliphatic carbocycles. The van der Waals surface area contributed by atoms with Crippen LogP contribution in [0.3, 0.4) is 0 Å². The molecule has 1 amide bonds. The van der Waals surface area contributed by atoms with Crippen molar-refractivity contribution in [3.05, 3.63) is 0 Å². The van der Waals surface area contributed by atoms with Crippen LogP contribution in [0.25, 0.3) is 0 Å². The summed E-state index contributed by atoms with van der Waals surface area (Å²) in [6.45, 7) is 3.98. The van der Waals surface area contributed by atoms with Crippen molar-refractivity contribution in [2.24, 2.45) is 0 Å². The van der Waals surface area contributed by atoms with Crippen molar-refractivity contribution in [3.8, 4) is 0 Å². The summed E-state index contributed by atoms with van der Waals surface area (Å²) in [5.74, 6) is 0. The Kier molecular flexibility index (Phi) is 3.27. The molecular formula is C9H17NO3. The minimum atomic E-state index is -0.786. The zero-order chi connectivity index (χ0) is 9.90. The number of hydrogen-bond acceptors (Lipinski definition) is 3. The Morgan fingerprint density at radius 1 is 1.54 bits per heavy atom. The fraction of sp³-hybridized carbons (Fsp3) is 0.889. The second-order valence-electron chi connectivity index (χ2n) is 4.03. The van der Waals surface area contributed by atoms with Crippen LogP contribution >= 0.6 is 0 Å². The normalized spacial score (nSPS) is 29.8. The van der Waals surface area contributed by atoms with Crippen LogP contribution in [0.4, 0.5) is 0 Å². The summed E-state index contributed by atoms with van der Waals surface area (Å²) in [4.78, 5) is 10.1. The summed E-state index contributed by atoms with van der Waals surface area (Å²) >= 11 is 0. The molecule has 0 saturated carbocycles. The van der Waals surface area contributed by atoms with Crippen LogP contribution in [-0.4, -0.2) is 35.9 Å². The highest BCUT2D eigenvalue weighted by molar-refractivity contribution is 5.46. The third-order valence-corrected chi connectivity index (χ3v) is 2.37. The van der Waals surface area contributed by atoms with E-state index in [4.69, 9.17) is 4.74 Å². The molecule has 1 rings (SSSR count). The lowest BCUT2D eigenvalue weighted by atomic mass is 9.93. The molecule has 2 N–H and O–H groups in total. The highest BCUT2D eigenvalue weighted by Crippen LogP contribution is 2.22. The Morgan fingerprint density at radius 3 is 2.62 bits per heavy atom. The summed E-state index contributed by atoms with van der Waals surface area (Å²) in [5.41, 5.74) is -0.786. The van der Waals surface area contributed by atoms with E-state index >= 15 is 0 Å². The first-order valence-electron chi connectivity index (χ1n) is 4.57. The van der Waals surface area contributed by atoms with Gasteiger partial charge in [0.15, 0.2) is 0 Å². The summed E-state index contributed by atoms with van der Waals surface area (Å²) in [6.07, 6.45) is 2.23. The molecule has 1 aliphatic heterocycles. The molecule has 0 aromatic heterocycles. The number of carbonyl (C=O) groups is 1. The average Bonchev–Trinajstić information content (AvgIpc) is 2.04. The van der Waals surface area contributed by atoms with E-state index in [0.29, 0.717) is 13.0 Å².